The van der Waals surface area contributed by atoms with Gasteiger partial charge in [-0.05, 0) is 38.0 Å². The van der Waals surface area contributed by atoms with E-state index >= 15 is 0 Å². The predicted molar refractivity (Wildman–Crippen MR) is 71.0 cm³/mol. The molecule has 3 unspecified atom stereocenters. The smallest absolute Gasteiger partial charge is 0.0719 e. The Bertz CT molecular complexity index is 187. The molecule has 3 nitrogen and oxygen atoms in total. The molecular formula is C14H29NO2. The van der Waals surface area contributed by atoms with E-state index in [4.69, 9.17) is 15.2 Å². The maximum Gasteiger partial charge on any atom is 0.0719 e. The first-order chi connectivity index (χ1) is 8.26. The summed E-state index contributed by atoms with van der Waals surface area (Å²) in [6.07, 6.45) is 6.55. The van der Waals surface area contributed by atoms with Crippen molar-refractivity contribution in [3.05, 3.63) is 0 Å². The number of rotatable bonds is 8. The maximum atomic E-state index is 5.76. The summed E-state index contributed by atoms with van der Waals surface area (Å²) in [7, 11) is 0. The number of hydrogen-bond donors (Lipinski definition) is 1. The van der Waals surface area contributed by atoms with Crippen molar-refractivity contribution in [1.82, 2.24) is 0 Å². The summed E-state index contributed by atoms with van der Waals surface area (Å²) in [5, 5.41) is 0. The van der Waals surface area contributed by atoms with Gasteiger partial charge in [-0.25, -0.2) is 0 Å². The van der Waals surface area contributed by atoms with Crippen molar-refractivity contribution in [3.63, 3.8) is 0 Å². The van der Waals surface area contributed by atoms with Crippen LogP contribution in [-0.2, 0) is 9.47 Å². The summed E-state index contributed by atoms with van der Waals surface area (Å²) in [5.41, 5.74) is 5.62. The van der Waals surface area contributed by atoms with Gasteiger partial charge >= 0.3 is 0 Å². The van der Waals surface area contributed by atoms with Gasteiger partial charge in [0.2, 0.25) is 0 Å². The molecule has 0 aromatic heterocycles. The van der Waals surface area contributed by atoms with Gasteiger partial charge in [0.25, 0.3) is 0 Å². The molecule has 1 rings (SSSR count). The topological polar surface area (TPSA) is 44.5 Å². The summed E-state index contributed by atoms with van der Waals surface area (Å²) >= 11 is 0. The lowest BCUT2D eigenvalue weighted by Crippen LogP contribution is -2.26. The van der Waals surface area contributed by atoms with Gasteiger partial charge in [-0.3, -0.25) is 0 Å². The van der Waals surface area contributed by atoms with Crippen LogP contribution in [0.5, 0.6) is 0 Å². The standard InChI is InChI=1S/C14H29NO2/c1-3-17-14(10-15)7-8-16-11-13-6-4-5-12(2)9-13/h12-14H,3-11,15H2,1-2H3. The first-order valence-corrected chi connectivity index (χ1v) is 7.15. The van der Waals surface area contributed by atoms with Gasteiger partial charge in [0.1, 0.15) is 0 Å². The summed E-state index contributed by atoms with van der Waals surface area (Å²) in [5.74, 6) is 1.67. The van der Waals surface area contributed by atoms with E-state index in [9.17, 15) is 0 Å². The minimum absolute atomic E-state index is 0.172. The lowest BCUT2D eigenvalue weighted by atomic mass is 9.83. The van der Waals surface area contributed by atoms with Crippen LogP contribution in [0.3, 0.4) is 0 Å². The van der Waals surface area contributed by atoms with E-state index in [-0.39, 0.29) is 6.10 Å². The Morgan fingerprint density at radius 2 is 2.18 bits per heavy atom. The average molecular weight is 243 g/mol. The van der Waals surface area contributed by atoms with Crippen LogP contribution in [0.2, 0.25) is 0 Å². The van der Waals surface area contributed by atoms with Gasteiger partial charge in [-0.2, -0.15) is 0 Å². The Kier molecular flexibility index (Phi) is 7.82. The molecule has 0 bridgehead atoms. The van der Waals surface area contributed by atoms with Crippen LogP contribution in [0.1, 0.15) is 46.0 Å². The molecule has 102 valence electrons. The third kappa shape index (κ3) is 6.39. The zero-order valence-corrected chi connectivity index (χ0v) is 11.5. The van der Waals surface area contributed by atoms with Gasteiger partial charge in [-0.15, -0.1) is 0 Å². The van der Waals surface area contributed by atoms with Gasteiger partial charge in [0, 0.05) is 26.4 Å². The summed E-state index contributed by atoms with van der Waals surface area (Å²) < 4.78 is 11.3. The predicted octanol–water partition coefficient (Wildman–Crippen LogP) is 2.58. The maximum absolute atomic E-state index is 5.76. The molecule has 3 heteroatoms. The van der Waals surface area contributed by atoms with E-state index in [0.717, 1.165) is 38.1 Å². The minimum atomic E-state index is 0.172. The molecule has 0 spiro atoms. The van der Waals surface area contributed by atoms with Crippen molar-refractivity contribution in [2.75, 3.05) is 26.4 Å². The van der Waals surface area contributed by atoms with Gasteiger partial charge in [0.15, 0.2) is 0 Å². The van der Waals surface area contributed by atoms with Crippen molar-refractivity contribution < 1.29 is 9.47 Å². The molecule has 0 aromatic carbocycles. The molecule has 0 aromatic rings. The van der Waals surface area contributed by atoms with Crippen LogP contribution < -0.4 is 5.73 Å². The first kappa shape index (κ1) is 14.9. The molecule has 2 N–H and O–H groups in total. The fourth-order valence-corrected chi connectivity index (χ4v) is 2.68. The molecular weight excluding hydrogens is 214 g/mol. The second-order valence-corrected chi connectivity index (χ2v) is 5.31. The van der Waals surface area contributed by atoms with E-state index in [1.807, 2.05) is 6.92 Å². The third-order valence-corrected chi connectivity index (χ3v) is 3.65. The fraction of sp³-hybridized carbons (Fsp3) is 1.00. The molecule has 1 fully saturated rings. The summed E-state index contributed by atoms with van der Waals surface area (Å²) in [6.45, 7) is 7.40. The van der Waals surface area contributed by atoms with Crippen molar-refractivity contribution in [2.24, 2.45) is 17.6 Å². The quantitative estimate of drug-likeness (QED) is 0.666. The normalized spacial score (nSPS) is 27.0. The van der Waals surface area contributed by atoms with E-state index in [1.54, 1.807) is 0 Å². The molecule has 1 aliphatic rings. The van der Waals surface area contributed by atoms with Gasteiger partial charge in [0.05, 0.1) is 6.10 Å². The van der Waals surface area contributed by atoms with Crippen molar-refractivity contribution in [1.29, 1.82) is 0 Å². The molecule has 3 atom stereocenters. The van der Waals surface area contributed by atoms with Crippen molar-refractivity contribution in [2.45, 2.75) is 52.1 Å². The lowest BCUT2D eigenvalue weighted by molar-refractivity contribution is 0.0196. The Labute approximate surface area is 106 Å². The van der Waals surface area contributed by atoms with Crippen LogP contribution in [0.25, 0.3) is 0 Å². The molecule has 0 saturated heterocycles. The molecule has 0 amide bonds. The highest BCUT2D eigenvalue weighted by Crippen LogP contribution is 2.28. The Morgan fingerprint density at radius 1 is 1.35 bits per heavy atom. The monoisotopic (exact) mass is 243 g/mol. The SMILES string of the molecule is CCOC(CN)CCOCC1CCCC(C)C1. The summed E-state index contributed by atoms with van der Waals surface area (Å²) in [4.78, 5) is 0. The lowest BCUT2D eigenvalue weighted by Gasteiger charge is -2.26. The summed E-state index contributed by atoms with van der Waals surface area (Å²) in [6, 6.07) is 0. The Balaban J connectivity index is 2.02. The van der Waals surface area contributed by atoms with Crippen LogP contribution in [0.4, 0.5) is 0 Å². The third-order valence-electron chi connectivity index (χ3n) is 3.65. The second-order valence-electron chi connectivity index (χ2n) is 5.31. The van der Waals surface area contributed by atoms with Crippen LogP contribution in [0.15, 0.2) is 0 Å². The van der Waals surface area contributed by atoms with E-state index < -0.39 is 0 Å². The highest BCUT2D eigenvalue weighted by molar-refractivity contribution is 4.70. The van der Waals surface area contributed by atoms with Crippen molar-refractivity contribution in [3.8, 4) is 0 Å². The van der Waals surface area contributed by atoms with Crippen LogP contribution in [-0.4, -0.2) is 32.5 Å². The fourth-order valence-electron chi connectivity index (χ4n) is 2.68. The molecule has 17 heavy (non-hydrogen) atoms. The number of nitrogens with two attached hydrogens (primary N) is 1. The van der Waals surface area contributed by atoms with Gasteiger partial charge < -0.3 is 15.2 Å². The first-order valence-electron chi connectivity index (χ1n) is 7.15. The highest BCUT2D eigenvalue weighted by atomic mass is 16.5. The van der Waals surface area contributed by atoms with Gasteiger partial charge in [-0.1, -0.05) is 19.8 Å². The van der Waals surface area contributed by atoms with E-state index in [0.29, 0.717) is 6.54 Å². The molecule has 1 aliphatic carbocycles. The van der Waals surface area contributed by atoms with Crippen LogP contribution >= 0.6 is 0 Å². The zero-order chi connectivity index (χ0) is 12.5. The van der Waals surface area contributed by atoms with E-state index in [2.05, 4.69) is 6.92 Å². The van der Waals surface area contributed by atoms with Crippen molar-refractivity contribution >= 4 is 0 Å². The number of ether oxygens (including phenoxy) is 2. The Hall–Kier alpha value is -0.120. The highest BCUT2D eigenvalue weighted by Gasteiger charge is 2.18. The Morgan fingerprint density at radius 3 is 2.82 bits per heavy atom. The van der Waals surface area contributed by atoms with Crippen LogP contribution in [0, 0.1) is 11.8 Å². The molecule has 1 saturated carbocycles. The molecule has 0 radical (unpaired) electrons. The second kappa shape index (κ2) is 8.90. The minimum Gasteiger partial charge on any atom is -0.381 e. The molecule has 0 heterocycles. The van der Waals surface area contributed by atoms with E-state index in [1.165, 1.54) is 25.7 Å². The average Bonchev–Trinajstić information content (AvgIpc) is 2.33. The number of hydrogen-bond acceptors (Lipinski definition) is 3. The molecule has 0 aliphatic heterocycles. The largest absolute Gasteiger partial charge is 0.381 e. The zero-order valence-electron chi connectivity index (χ0n) is 11.5.